The van der Waals surface area contributed by atoms with Crippen LogP contribution < -0.4 is 9.64 Å². The summed E-state index contributed by atoms with van der Waals surface area (Å²) in [6.07, 6.45) is 1.83. The molecule has 9 heteroatoms. The molecule has 0 unspecified atom stereocenters. The van der Waals surface area contributed by atoms with E-state index >= 15 is 0 Å². The smallest absolute Gasteiger partial charge is 0.271 e. The summed E-state index contributed by atoms with van der Waals surface area (Å²) in [5.74, 6) is 0.493. The number of hydrogen-bond donors (Lipinski definition) is 0. The van der Waals surface area contributed by atoms with Crippen molar-refractivity contribution < 1.29 is 9.53 Å². The van der Waals surface area contributed by atoms with Gasteiger partial charge in [-0.25, -0.2) is 4.99 Å². The molecule has 1 fully saturated rings. The molecule has 3 aromatic carbocycles. The van der Waals surface area contributed by atoms with E-state index in [1.54, 1.807) is 24.1 Å². The number of amides is 1. The van der Waals surface area contributed by atoms with Gasteiger partial charge in [0, 0.05) is 10.0 Å². The van der Waals surface area contributed by atoms with Gasteiger partial charge in [0.2, 0.25) is 0 Å². The normalized spacial score (nSPS) is 16.1. The monoisotopic (exact) mass is 638 g/mol. The average Bonchev–Trinajstić information content (AvgIpc) is 3.07. The van der Waals surface area contributed by atoms with Gasteiger partial charge >= 0.3 is 0 Å². The second-order valence-electron chi connectivity index (χ2n) is 7.53. The van der Waals surface area contributed by atoms with Gasteiger partial charge in [0.1, 0.15) is 5.75 Å². The maximum Gasteiger partial charge on any atom is 0.271 e. The lowest BCUT2D eigenvalue weighted by Crippen LogP contribution is -2.28. The van der Waals surface area contributed by atoms with Crippen molar-refractivity contribution in [2.24, 2.45) is 4.99 Å². The predicted octanol–water partition coefficient (Wildman–Crippen LogP) is 8.95. The van der Waals surface area contributed by atoms with E-state index in [4.69, 9.17) is 32.9 Å². The number of aliphatic imine (C=N–C) groups is 1. The standard InChI is InChI=1S/C25H18Br2Cl2N2O2S/c1-13-4-6-16(11-20(13)28)30-25-31(17-7-5-14(2)21(29)12-17)24(32)22(34-25)10-15-8-18(26)23(33-3)19(27)9-15/h4-12H,1-3H3/b22-10+,30-25?. The molecule has 0 radical (unpaired) electrons. The molecular weight excluding hydrogens is 623 g/mol. The Balaban J connectivity index is 1.81. The third-order valence-electron chi connectivity index (χ3n) is 5.12. The van der Waals surface area contributed by atoms with Gasteiger partial charge in [-0.3, -0.25) is 9.69 Å². The summed E-state index contributed by atoms with van der Waals surface area (Å²) in [5.41, 5.74) is 4.02. The summed E-state index contributed by atoms with van der Waals surface area (Å²) >= 11 is 21.0. The second kappa shape index (κ2) is 10.5. The van der Waals surface area contributed by atoms with Gasteiger partial charge < -0.3 is 4.74 Å². The minimum Gasteiger partial charge on any atom is -0.494 e. The summed E-state index contributed by atoms with van der Waals surface area (Å²) in [6.45, 7) is 3.85. The van der Waals surface area contributed by atoms with E-state index in [2.05, 4.69) is 31.9 Å². The lowest BCUT2D eigenvalue weighted by molar-refractivity contribution is -0.113. The van der Waals surface area contributed by atoms with Crippen LogP contribution >= 0.6 is 66.8 Å². The van der Waals surface area contributed by atoms with Crippen LogP contribution in [-0.4, -0.2) is 18.2 Å². The first-order valence-corrected chi connectivity index (χ1v) is 13.2. The Bertz CT molecular complexity index is 1350. The molecule has 174 valence electrons. The number of amidine groups is 1. The minimum absolute atomic E-state index is 0.190. The third-order valence-corrected chi connectivity index (χ3v) is 8.08. The van der Waals surface area contributed by atoms with Crippen LogP contribution in [-0.2, 0) is 4.79 Å². The molecule has 1 saturated heterocycles. The number of ether oxygens (including phenoxy) is 1. The molecule has 1 aliphatic rings. The quantitative estimate of drug-likeness (QED) is 0.267. The highest BCUT2D eigenvalue weighted by molar-refractivity contribution is 9.11. The van der Waals surface area contributed by atoms with Gasteiger partial charge in [0.15, 0.2) is 5.17 Å². The molecule has 0 bridgehead atoms. The Morgan fingerprint density at radius 2 is 1.59 bits per heavy atom. The third kappa shape index (κ3) is 5.24. The van der Waals surface area contributed by atoms with E-state index in [-0.39, 0.29) is 5.91 Å². The zero-order valence-corrected chi connectivity index (χ0v) is 23.8. The number of nitrogens with zero attached hydrogens (tertiary/aromatic N) is 2. The Morgan fingerprint density at radius 1 is 0.971 bits per heavy atom. The van der Waals surface area contributed by atoms with E-state index < -0.39 is 0 Å². The summed E-state index contributed by atoms with van der Waals surface area (Å²) < 4.78 is 6.93. The Labute approximate surface area is 229 Å². The first-order chi connectivity index (χ1) is 16.2. The maximum atomic E-state index is 13.6. The van der Waals surface area contributed by atoms with Crippen molar-refractivity contribution in [1.29, 1.82) is 0 Å². The first-order valence-electron chi connectivity index (χ1n) is 10.1. The van der Waals surface area contributed by atoms with Crippen molar-refractivity contribution in [3.63, 3.8) is 0 Å². The topological polar surface area (TPSA) is 41.9 Å². The number of carbonyl (C=O) groups excluding carboxylic acids is 1. The molecule has 3 aromatic rings. The highest BCUT2D eigenvalue weighted by Gasteiger charge is 2.35. The van der Waals surface area contributed by atoms with Crippen LogP contribution in [0.4, 0.5) is 11.4 Å². The van der Waals surface area contributed by atoms with Crippen LogP contribution in [0.5, 0.6) is 5.75 Å². The summed E-state index contributed by atoms with van der Waals surface area (Å²) in [4.78, 5) is 20.4. The van der Waals surface area contributed by atoms with E-state index in [0.717, 1.165) is 25.6 Å². The summed E-state index contributed by atoms with van der Waals surface area (Å²) in [6, 6.07) is 14.9. The number of anilines is 1. The van der Waals surface area contributed by atoms with Gasteiger partial charge in [-0.05, 0) is 117 Å². The Kier molecular flexibility index (Phi) is 7.79. The highest BCUT2D eigenvalue weighted by atomic mass is 79.9. The minimum atomic E-state index is -0.190. The van der Waals surface area contributed by atoms with Crippen LogP contribution in [0.15, 0.2) is 67.4 Å². The van der Waals surface area contributed by atoms with Crippen LogP contribution in [0.1, 0.15) is 16.7 Å². The molecule has 0 aromatic heterocycles. The summed E-state index contributed by atoms with van der Waals surface area (Å²) in [7, 11) is 1.60. The molecule has 34 heavy (non-hydrogen) atoms. The van der Waals surface area contributed by atoms with E-state index in [1.165, 1.54) is 11.8 Å². The number of rotatable bonds is 4. The number of hydrogen-bond acceptors (Lipinski definition) is 4. The molecule has 4 rings (SSSR count). The van der Waals surface area contributed by atoms with Crippen molar-refractivity contribution in [2.45, 2.75) is 13.8 Å². The predicted molar refractivity (Wildman–Crippen MR) is 151 cm³/mol. The zero-order chi connectivity index (χ0) is 24.6. The molecule has 0 aliphatic carbocycles. The number of thioether (sulfide) groups is 1. The second-order valence-corrected chi connectivity index (χ2v) is 11.1. The van der Waals surface area contributed by atoms with Gasteiger partial charge in [-0.15, -0.1) is 0 Å². The zero-order valence-electron chi connectivity index (χ0n) is 18.3. The van der Waals surface area contributed by atoms with E-state index in [1.807, 2.05) is 56.3 Å². The van der Waals surface area contributed by atoms with Gasteiger partial charge in [-0.2, -0.15) is 0 Å². The average molecular weight is 641 g/mol. The molecule has 0 spiro atoms. The Hall–Kier alpha value is -1.77. The van der Waals surface area contributed by atoms with Crippen molar-refractivity contribution in [3.05, 3.63) is 89.1 Å². The van der Waals surface area contributed by atoms with Crippen molar-refractivity contribution in [1.82, 2.24) is 0 Å². The number of halogens is 4. The van der Waals surface area contributed by atoms with Crippen LogP contribution in [0.25, 0.3) is 6.08 Å². The highest BCUT2D eigenvalue weighted by Crippen LogP contribution is 2.40. The number of benzene rings is 3. The van der Waals surface area contributed by atoms with Crippen LogP contribution in [0, 0.1) is 13.8 Å². The van der Waals surface area contributed by atoms with Crippen molar-refractivity contribution in [3.8, 4) is 5.75 Å². The van der Waals surface area contributed by atoms with Gasteiger partial charge in [-0.1, -0.05) is 35.3 Å². The van der Waals surface area contributed by atoms with E-state index in [9.17, 15) is 4.79 Å². The molecule has 1 heterocycles. The van der Waals surface area contributed by atoms with Crippen LogP contribution in [0.3, 0.4) is 0 Å². The molecule has 1 aliphatic heterocycles. The summed E-state index contributed by atoms with van der Waals surface area (Å²) in [5, 5.41) is 1.71. The largest absolute Gasteiger partial charge is 0.494 e. The SMILES string of the molecule is COc1c(Br)cc(/C=C2/SC(=Nc3ccc(C)c(Cl)c3)N(c3ccc(C)c(Cl)c3)C2=O)cc1Br. The van der Waals surface area contributed by atoms with Gasteiger partial charge in [0.05, 0.1) is 32.3 Å². The van der Waals surface area contributed by atoms with Crippen LogP contribution in [0.2, 0.25) is 10.0 Å². The first kappa shape index (κ1) is 25.3. The van der Waals surface area contributed by atoms with Crippen molar-refractivity contribution >= 4 is 95.3 Å². The fraction of sp³-hybridized carbons (Fsp3) is 0.120. The number of carbonyl (C=O) groups is 1. The Morgan fingerprint density at radius 3 is 2.18 bits per heavy atom. The van der Waals surface area contributed by atoms with E-state index in [0.29, 0.717) is 37.2 Å². The maximum absolute atomic E-state index is 13.6. The molecule has 0 atom stereocenters. The fourth-order valence-electron chi connectivity index (χ4n) is 3.27. The molecule has 0 N–H and O–H groups in total. The molecular formula is C25H18Br2Cl2N2O2S. The lowest BCUT2D eigenvalue weighted by atomic mass is 10.2. The molecule has 1 amide bonds. The lowest BCUT2D eigenvalue weighted by Gasteiger charge is -2.16. The molecule has 0 saturated carbocycles. The number of aryl methyl sites for hydroxylation is 2. The van der Waals surface area contributed by atoms with Crippen molar-refractivity contribution in [2.75, 3.05) is 12.0 Å². The van der Waals surface area contributed by atoms with Gasteiger partial charge in [0.25, 0.3) is 5.91 Å². The molecule has 4 nitrogen and oxygen atoms in total. The fourth-order valence-corrected chi connectivity index (χ4v) is 6.16. The number of methoxy groups -OCH3 is 1.